The zero-order chi connectivity index (χ0) is 22.1. The van der Waals surface area contributed by atoms with Gasteiger partial charge in [-0.15, -0.1) is 0 Å². The van der Waals surface area contributed by atoms with E-state index in [1.54, 1.807) is 0 Å². The van der Waals surface area contributed by atoms with Crippen molar-refractivity contribution in [1.82, 2.24) is 15.5 Å². The molecule has 3 heterocycles. The lowest BCUT2D eigenvalue weighted by Crippen LogP contribution is -2.55. The van der Waals surface area contributed by atoms with Crippen molar-refractivity contribution in [3.8, 4) is 5.75 Å². The summed E-state index contributed by atoms with van der Waals surface area (Å²) in [6.07, 6.45) is 4.66. The molecule has 2 aromatic carbocycles. The molecule has 0 radical (unpaired) electrons. The Balaban J connectivity index is 1.48. The van der Waals surface area contributed by atoms with Crippen LogP contribution in [0.3, 0.4) is 0 Å². The largest absolute Gasteiger partial charge is 0.494 e. The first-order chi connectivity index (χ1) is 15.6. The highest BCUT2D eigenvalue weighted by Crippen LogP contribution is 2.43. The van der Waals surface area contributed by atoms with E-state index in [1.165, 1.54) is 24.0 Å². The van der Waals surface area contributed by atoms with Crippen LogP contribution in [0.5, 0.6) is 5.75 Å². The van der Waals surface area contributed by atoms with E-state index in [1.807, 2.05) is 31.2 Å². The molecule has 0 unspecified atom stereocenters. The highest BCUT2D eigenvalue weighted by molar-refractivity contribution is 5.97. The predicted molar refractivity (Wildman–Crippen MR) is 127 cm³/mol. The Hall–Kier alpha value is -2.37. The molecule has 2 N–H and O–H groups in total. The summed E-state index contributed by atoms with van der Waals surface area (Å²) in [5.74, 6) is 1.54. The third-order valence-corrected chi connectivity index (χ3v) is 7.56. The monoisotopic (exact) mass is 433 g/mol. The molecule has 5 heteroatoms. The van der Waals surface area contributed by atoms with E-state index in [4.69, 9.17) is 4.74 Å². The van der Waals surface area contributed by atoms with Crippen LogP contribution in [-0.4, -0.2) is 43.1 Å². The predicted octanol–water partition coefficient (Wildman–Crippen LogP) is 4.25. The van der Waals surface area contributed by atoms with Gasteiger partial charge in [-0.25, -0.2) is 0 Å². The number of nitrogens with one attached hydrogen (secondary N) is 2. The molecule has 3 aliphatic heterocycles. The fourth-order valence-electron chi connectivity index (χ4n) is 5.97. The van der Waals surface area contributed by atoms with E-state index < -0.39 is 0 Å². The van der Waals surface area contributed by atoms with Gasteiger partial charge in [-0.2, -0.15) is 0 Å². The topological polar surface area (TPSA) is 53.6 Å². The highest BCUT2D eigenvalue weighted by Gasteiger charge is 2.41. The molecule has 0 spiro atoms. The Kier molecular flexibility index (Phi) is 6.20. The van der Waals surface area contributed by atoms with Crippen molar-refractivity contribution in [2.24, 2.45) is 5.92 Å². The van der Waals surface area contributed by atoms with Gasteiger partial charge in [-0.1, -0.05) is 30.3 Å². The molecular formula is C27H35N3O2. The van der Waals surface area contributed by atoms with Crippen molar-refractivity contribution in [2.45, 2.75) is 57.7 Å². The minimum atomic E-state index is -0.0504. The minimum absolute atomic E-state index is 0.000247. The molecule has 4 atom stereocenters. The third kappa shape index (κ3) is 4.16. The molecule has 0 aliphatic carbocycles. The SMILES string of the molecule is CCOc1cc2c(c(C(=O)N[C@H](C)c3ccccc3)c1)[C@H]1C[C@H]3NCCC[C@H]3CN1CC2. The number of carbonyl (C=O) groups excluding carboxylic acids is 1. The van der Waals surface area contributed by atoms with Crippen LogP contribution >= 0.6 is 0 Å². The smallest absolute Gasteiger partial charge is 0.252 e. The zero-order valence-electron chi connectivity index (χ0n) is 19.3. The molecule has 0 aromatic heterocycles. The summed E-state index contributed by atoms with van der Waals surface area (Å²) in [6.45, 7) is 7.97. The van der Waals surface area contributed by atoms with Crippen molar-refractivity contribution in [2.75, 3.05) is 26.2 Å². The summed E-state index contributed by atoms with van der Waals surface area (Å²) in [4.78, 5) is 16.2. The van der Waals surface area contributed by atoms with E-state index in [2.05, 4.69) is 40.7 Å². The van der Waals surface area contributed by atoms with Gasteiger partial charge in [0.1, 0.15) is 5.75 Å². The van der Waals surface area contributed by atoms with Crippen molar-refractivity contribution in [1.29, 1.82) is 0 Å². The number of nitrogens with zero attached hydrogens (tertiary/aromatic N) is 1. The average molecular weight is 434 g/mol. The molecule has 170 valence electrons. The quantitative estimate of drug-likeness (QED) is 0.740. The maximum Gasteiger partial charge on any atom is 0.252 e. The van der Waals surface area contributed by atoms with Gasteiger partial charge in [0.05, 0.1) is 12.6 Å². The number of benzene rings is 2. The molecule has 3 aliphatic rings. The number of ether oxygens (including phenoxy) is 1. The number of rotatable bonds is 5. The van der Waals surface area contributed by atoms with Crippen molar-refractivity contribution in [3.05, 3.63) is 64.7 Å². The second kappa shape index (κ2) is 9.24. The van der Waals surface area contributed by atoms with E-state index in [0.29, 0.717) is 18.7 Å². The first-order valence-electron chi connectivity index (χ1n) is 12.3. The van der Waals surface area contributed by atoms with Crippen LogP contribution in [0.1, 0.15) is 72.2 Å². The van der Waals surface area contributed by atoms with E-state index in [0.717, 1.165) is 55.3 Å². The maximum atomic E-state index is 13.6. The van der Waals surface area contributed by atoms with Crippen molar-refractivity contribution >= 4 is 5.91 Å². The molecule has 2 aromatic rings. The molecule has 2 saturated heterocycles. The summed E-state index contributed by atoms with van der Waals surface area (Å²) in [5, 5.41) is 7.02. The Labute approximate surface area is 191 Å². The van der Waals surface area contributed by atoms with E-state index >= 15 is 0 Å². The van der Waals surface area contributed by atoms with E-state index in [-0.39, 0.29) is 11.9 Å². The fourth-order valence-corrected chi connectivity index (χ4v) is 5.97. The molecule has 1 amide bonds. The van der Waals surface area contributed by atoms with Gasteiger partial charge in [0.25, 0.3) is 5.91 Å². The van der Waals surface area contributed by atoms with Crippen LogP contribution in [0.15, 0.2) is 42.5 Å². The van der Waals surface area contributed by atoms with Crippen LogP contribution in [0.4, 0.5) is 0 Å². The van der Waals surface area contributed by atoms with Gasteiger partial charge in [-0.05, 0) is 80.8 Å². The Morgan fingerprint density at radius 2 is 2.12 bits per heavy atom. The maximum absolute atomic E-state index is 13.6. The molecule has 2 fully saturated rings. The van der Waals surface area contributed by atoms with E-state index in [9.17, 15) is 4.79 Å². The lowest BCUT2D eigenvalue weighted by atomic mass is 9.76. The van der Waals surface area contributed by atoms with Crippen LogP contribution in [0.25, 0.3) is 0 Å². The van der Waals surface area contributed by atoms with Crippen LogP contribution in [-0.2, 0) is 6.42 Å². The number of hydrogen-bond donors (Lipinski definition) is 2. The molecule has 0 bridgehead atoms. The van der Waals surface area contributed by atoms with Gasteiger partial charge >= 0.3 is 0 Å². The Bertz CT molecular complexity index is 961. The van der Waals surface area contributed by atoms with Crippen molar-refractivity contribution < 1.29 is 9.53 Å². The zero-order valence-corrected chi connectivity index (χ0v) is 19.3. The first-order valence-corrected chi connectivity index (χ1v) is 12.3. The number of amides is 1. The lowest BCUT2D eigenvalue weighted by molar-refractivity contribution is 0.0542. The second-order valence-corrected chi connectivity index (χ2v) is 9.54. The average Bonchev–Trinajstić information content (AvgIpc) is 2.82. The molecule has 0 saturated carbocycles. The summed E-state index contributed by atoms with van der Waals surface area (Å²) >= 11 is 0. The first kappa shape index (κ1) is 21.5. The van der Waals surface area contributed by atoms with Crippen LogP contribution in [0, 0.1) is 5.92 Å². The fraction of sp³-hybridized carbons (Fsp3) is 0.519. The molecular weight excluding hydrogens is 398 g/mol. The lowest BCUT2D eigenvalue weighted by Gasteiger charge is -2.49. The van der Waals surface area contributed by atoms with Gasteiger partial charge in [0.15, 0.2) is 0 Å². The molecule has 5 rings (SSSR count). The highest BCUT2D eigenvalue weighted by atomic mass is 16.5. The minimum Gasteiger partial charge on any atom is -0.494 e. The van der Waals surface area contributed by atoms with Crippen molar-refractivity contribution in [3.63, 3.8) is 0 Å². The summed E-state index contributed by atoms with van der Waals surface area (Å²) < 4.78 is 5.87. The van der Waals surface area contributed by atoms with Gasteiger partial charge in [0, 0.05) is 30.7 Å². The van der Waals surface area contributed by atoms with Crippen LogP contribution in [0.2, 0.25) is 0 Å². The summed E-state index contributed by atoms with van der Waals surface area (Å²) in [5.41, 5.74) is 4.41. The number of hydrogen-bond acceptors (Lipinski definition) is 4. The number of carbonyl (C=O) groups is 1. The van der Waals surface area contributed by atoms with Gasteiger partial charge < -0.3 is 15.4 Å². The summed E-state index contributed by atoms with van der Waals surface area (Å²) in [6, 6.07) is 15.1. The van der Waals surface area contributed by atoms with Gasteiger partial charge in [-0.3, -0.25) is 9.69 Å². The third-order valence-electron chi connectivity index (χ3n) is 7.56. The number of piperidine rings is 2. The Morgan fingerprint density at radius 3 is 2.94 bits per heavy atom. The standard InChI is InChI=1S/C27H35N3O2/c1-3-32-22-14-20-11-13-30-17-21-10-7-12-28-24(21)16-25(30)26(20)23(15-22)27(31)29-18(2)19-8-5-4-6-9-19/h4-6,8-9,14-15,18,21,24-25,28H,3,7,10-13,16-17H2,1-2H3,(H,29,31)/t18-,21+,24-,25-/m1/s1. The molecule has 5 nitrogen and oxygen atoms in total. The summed E-state index contributed by atoms with van der Waals surface area (Å²) in [7, 11) is 0. The molecule has 32 heavy (non-hydrogen) atoms. The van der Waals surface area contributed by atoms with Crippen LogP contribution < -0.4 is 15.4 Å². The normalized spacial score (nSPS) is 25.8. The van der Waals surface area contributed by atoms with Gasteiger partial charge in [0.2, 0.25) is 0 Å². The Morgan fingerprint density at radius 1 is 1.28 bits per heavy atom. The second-order valence-electron chi connectivity index (χ2n) is 9.54. The number of fused-ring (bicyclic) bond motifs is 4.